The van der Waals surface area contributed by atoms with E-state index in [0.717, 1.165) is 42.3 Å². The van der Waals surface area contributed by atoms with Gasteiger partial charge in [0.2, 0.25) is 0 Å². The molecule has 0 spiro atoms. The van der Waals surface area contributed by atoms with Crippen molar-refractivity contribution in [2.75, 3.05) is 0 Å². The smallest absolute Gasteiger partial charge is 0.295 e. The van der Waals surface area contributed by atoms with E-state index in [9.17, 15) is 9.59 Å². The Morgan fingerprint density at radius 1 is 1.05 bits per heavy atom. The average molecular weight is 272 g/mol. The number of hydrogen-bond donors (Lipinski definition) is 0. The Bertz CT molecular complexity index is 718. The molecule has 1 aromatic heterocycles. The fourth-order valence-corrected chi connectivity index (χ4v) is 3.26. The average Bonchev–Trinajstić information content (AvgIpc) is 2.72. The molecule has 0 radical (unpaired) electrons. The van der Waals surface area contributed by atoms with Crippen molar-refractivity contribution in [3.63, 3.8) is 0 Å². The predicted octanol–water partition coefficient (Wildman–Crippen LogP) is 2.64. The van der Waals surface area contributed by atoms with Gasteiger partial charge >= 0.3 is 5.69 Å². The first kappa shape index (κ1) is 13.2. The molecule has 0 atom stereocenters. The van der Waals surface area contributed by atoms with Gasteiger partial charge in [-0.3, -0.25) is 13.9 Å². The van der Waals surface area contributed by atoms with Crippen molar-refractivity contribution in [2.24, 2.45) is 20.0 Å². The standard InChI is InChI=1S/C16H20N2O2/c1-17-13-9-8-12(10-14(13)18(2)16(17)20)15(19)11-6-4-3-5-7-11/h8-11H,3-7H2,1-2H3. The number of benzene rings is 1. The highest BCUT2D eigenvalue weighted by molar-refractivity contribution is 6.00. The van der Waals surface area contributed by atoms with Crippen molar-refractivity contribution < 1.29 is 4.79 Å². The third-order valence-corrected chi connectivity index (χ3v) is 4.53. The fraction of sp³-hybridized carbons (Fsp3) is 0.500. The summed E-state index contributed by atoms with van der Waals surface area (Å²) < 4.78 is 3.22. The van der Waals surface area contributed by atoms with Crippen molar-refractivity contribution in [1.82, 2.24) is 9.13 Å². The predicted molar refractivity (Wildman–Crippen MR) is 79.1 cm³/mol. The van der Waals surface area contributed by atoms with Crippen LogP contribution in [0.25, 0.3) is 11.0 Å². The van der Waals surface area contributed by atoms with Crippen molar-refractivity contribution in [3.8, 4) is 0 Å². The molecule has 20 heavy (non-hydrogen) atoms. The molecule has 2 aromatic rings. The minimum Gasteiger partial charge on any atom is -0.295 e. The number of aromatic nitrogens is 2. The van der Waals surface area contributed by atoms with Gasteiger partial charge in [0, 0.05) is 25.6 Å². The van der Waals surface area contributed by atoms with Crippen LogP contribution in [0.1, 0.15) is 42.5 Å². The molecular formula is C16H20N2O2. The summed E-state index contributed by atoms with van der Waals surface area (Å²) in [6, 6.07) is 5.61. The summed E-state index contributed by atoms with van der Waals surface area (Å²) in [4.78, 5) is 24.5. The quantitative estimate of drug-likeness (QED) is 0.789. The third kappa shape index (κ3) is 1.99. The second-order valence-corrected chi connectivity index (χ2v) is 5.80. The molecule has 0 saturated heterocycles. The van der Waals surface area contributed by atoms with E-state index in [-0.39, 0.29) is 17.4 Å². The van der Waals surface area contributed by atoms with Crippen molar-refractivity contribution in [1.29, 1.82) is 0 Å². The van der Waals surface area contributed by atoms with Gasteiger partial charge in [0.1, 0.15) is 0 Å². The Morgan fingerprint density at radius 3 is 2.40 bits per heavy atom. The number of imidazole rings is 1. The van der Waals surface area contributed by atoms with Gasteiger partial charge in [0.25, 0.3) is 0 Å². The van der Waals surface area contributed by atoms with E-state index in [1.807, 2.05) is 18.2 Å². The molecule has 1 aliphatic carbocycles. The molecule has 0 N–H and O–H groups in total. The van der Waals surface area contributed by atoms with Gasteiger partial charge in [-0.25, -0.2) is 4.79 Å². The Labute approximate surface area is 118 Å². The number of Topliss-reactive ketones (excluding diaryl/α,β-unsaturated/α-hetero) is 1. The van der Waals surface area contributed by atoms with E-state index in [1.165, 1.54) is 6.42 Å². The molecule has 3 rings (SSSR count). The van der Waals surface area contributed by atoms with Gasteiger partial charge in [0.15, 0.2) is 5.78 Å². The van der Waals surface area contributed by atoms with E-state index < -0.39 is 0 Å². The monoisotopic (exact) mass is 272 g/mol. The zero-order valence-corrected chi connectivity index (χ0v) is 12.1. The topological polar surface area (TPSA) is 44.0 Å². The van der Waals surface area contributed by atoms with Crippen LogP contribution >= 0.6 is 0 Å². The Morgan fingerprint density at radius 2 is 1.70 bits per heavy atom. The summed E-state index contributed by atoms with van der Waals surface area (Å²) >= 11 is 0. The molecule has 0 aliphatic heterocycles. The normalized spacial score (nSPS) is 16.7. The largest absolute Gasteiger partial charge is 0.328 e. The number of carbonyl (C=O) groups excluding carboxylic acids is 1. The lowest BCUT2D eigenvalue weighted by Gasteiger charge is -2.20. The summed E-state index contributed by atoms with van der Waals surface area (Å²) in [7, 11) is 3.51. The minimum atomic E-state index is -0.0535. The van der Waals surface area contributed by atoms with Crippen LogP contribution in [0.3, 0.4) is 0 Å². The van der Waals surface area contributed by atoms with Gasteiger partial charge in [-0.1, -0.05) is 19.3 Å². The lowest BCUT2D eigenvalue weighted by atomic mass is 9.84. The van der Waals surface area contributed by atoms with Crippen LogP contribution in [-0.4, -0.2) is 14.9 Å². The molecule has 1 fully saturated rings. The molecule has 4 nitrogen and oxygen atoms in total. The molecule has 0 unspecified atom stereocenters. The van der Waals surface area contributed by atoms with E-state index in [2.05, 4.69) is 0 Å². The summed E-state index contributed by atoms with van der Waals surface area (Å²) in [5.41, 5.74) is 2.39. The number of hydrogen-bond acceptors (Lipinski definition) is 2. The van der Waals surface area contributed by atoms with Crippen LogP contribution in [0.4, 0.5) is 0 Å². The van der Waals surface area contributed by atoms with Gasteiger partial charge < -0.3 is 0 Å². The van der Waals surface area contributed by atoms with Gasteiger partial charge in [0.05, 0.1) is 11.0 Å². The third-order valence-electron chi connectivity index (χ3n) is 4.53. The summed E-state index contributed by atoms with van der Waals surface area (Å²) in [5, 5.41) is 0. The fourth-order valence-electron chi connectivity index (χ4n) is 3.26. The molecule has 4 heteroatoms. The maximum absolute atomic E-state index is 12.6. The molecule has 106 valence electrons. The molecular weight excluding hydrogens is 252 g/mol. The molecule has 1 heterocycles. The summed E-state index contributed by atoms with van der Waals surface area (Å²) in [6.07, 6.45) is 5.57. The SMILES string of the molecule is Cn1c(=O)n(C)c2cc(C(=O)C3CCCCC3)ccc21. The first-order valence-electron chi connectivity index (χ1n) is 7.29. The highest BCUT2D eigenvalue weighted by atomic mass is 16.1. The van der Waals surface area contributed by atoms with Gasteiger partial charge in [-0.05, 0) is 31.0 Å². The number of fused-ring (bicyclic) bond motifs is 1. The van der Waals surface area contributed by atoms with Crippen molar-refractivity contribution in [2.45, 2.75) is 32.1 Å². The zero-order valence-electron chi connectivity index (χ0n) is 12.1. The second-order valence-electron chi connectivity index (χ2n) is 5.80. The number of carbonyl (C=O) groups is 1. The van der Waals surface area contributed by atoms with E-state index in [1.54, 1.807) is 23.2 Å². The van der Waals surface area contributed by atoms with E-state index >= 15 is 0 Å². The van der Waals surface area contributed by atoms with Crippen LogP contribution in [0, 0.1) is 5.92 Å². The van der Waals surface area contributed by atoms with Crippen LogP contribution in [-0.2, 0) is 14.1 Å². The number of aryl methyl sites for hydroxylation is 2. The first-order chi connectivity index (χ1) is 9.59. The molecule has 1 aromatic carbocycles. The molecule has 1 saturated carbocycles. The molecule has 0 bridgehead atoms. The Kier molecular flexibility index (Phi) is 3.24. The van der Waals surface area contributed by atoms with Crippen LogP contribution in [0.2, 0.25) is 0 Å². The number of nitrogens with zero attached hydrogens (tertiary/aromatic N) is 2. The lowest BCUT2D eigenvalue weighted by Crippen LogP contribution is -2.19. The molecule has 0 amide bonds. The Balaban J connectivity index is 2.02. The van der Waals surface area contributed by atoms with Crippen LogP contribution < -0.4 is 5.69 Å². The second kappa shape index (κ2) is 4.93. The lowest BCUT2D eigenvalue weighted by molar-refractivity contribution is 0.0889. The van der Waals surface area contributed by atoms with Crippen LogP contribution in [0.5, 0.6) is 0 Å². The minimum absolute atomic E-state index is 0.0535. The number of rotatable bonds is 2. The molecule has 1 aliphatic rings. The van der Waals surface area contributed by atoms with Gasteiger partial charge in [-0.15, -0.1) is 0 Å². The Hall–Kier alpha value is -1.84. The van der Waals surface area contributed by atoms with Crippen molar-refractivity contribution >= 4 is 16.8 Å². The number of ketones is 1. The van der Waals surface area contributed by atoms with E-state index in [0.29, 0.717) is 0 Å². The summed E-state index contributed by atoms with van der Waals surface area (Å²) in [5.74, 6) is 0.407. The first-order valence-corrected chi connectivity index (χ1v) is 7.29. The van der Waals surface area contributed by atoms with E-state index in [4.69, 9.17) is 0 Å². The van der Waals surface area contributed by atoms with Crippen LogP contribution in [0.15, 0.2) is 23.0 Å². The maximum atomic E-state index is 12.6. The van der Waals surface area contributed by atoms with Crippen molar-refractivity contribution in [3.05, 3.63) is 34.2 Å². The highest BCUT2D eigenvalue weighted by Crippen LogP contribution is 2.27. The summed E-state index contributed by atoms with van der Waals surface area (Å²) in [6.45, 7) is 0. The zero-order chi connectivity index (χ0) is 14.3. The highest BCUT2D eigenvalue weighted by Gasteiger charge is 2.23. The van der Waals surface area contributed by atoms with Gasteiger partial charge in [-0.2, -0.15) is 0 Å². The maximum Gasteiger partial charge on any atom is 0.328 e.